The standard InChI is InChI=1S/C22H29N5O3.C22H27N5O2.C21H26N6O2.C20H25N3O3.C3H7NO.H2/c1-14(28)25-26-21(30)18(22(2,3)4)24-20(29)17-16-12-8-9-13-27(16)19(23-17)15-10-6-5-7-11-15;1-14-25-26-21(29-14)18(22(2,3)4)24-20(28)17-16-12-8-9-13-27(16)19(23-17)15-10-6-5-7-11-15;1-13-25-26-20(29-13)17(21(2,3)4)24-19(28)16-15-12-22-10-11-27(15)18(23-16)14-8-6-5-7-9-14;1-20(2,3)16(19(25)26)22-18(24)15-14-11-7-8-12-23(14)17(21-15)13-9-5-4-6-10-13;1-3(5)2-4;/h5-7,10-11,18H,8-9,12-13H2,1-4H3,(H,24,29)(H,25,28)(H,26,30);5-7,10-11,18H,8-9,12-13H2,1-4H3,(H,24,28);5-9,17,22H,10-12H2,1-4H3,(H,24,28);4-6,9-10,16H,7-8,11-12H2,1-3H3,(H,22,24)(H,25,26);2,4H2,1H3;1H/t2*18-;17-;16-;;/m1111../s1. The van der Waals surface area contributed by atoms with Gasteiger partial charge < -0.3 is 64.5 Å². The highest BCUT2D eigenvalue weighted by molar-refractivity contribution is 5.99. The maximum absolute atomic E-state index is 13.3. The Bertz CT molecular complexity index is 5030. The van der Waals surface area contributed by atoms with E-state index < -0.39 is 58.7 Å². The topological polar surface area (TPSA) is 416 Å². The summed E-state index contributed by atoms with van der Waals surface area (Å²) in [6, 6.07) is 36.9. The first-order valence-electron chi connectivity index (χ1n) is 40.6. The molecule has 14 rings (SSSR count). The van der Waals surface area contributed by atoms with E-state index in [9.17, 15) is 43.5 Å². The van der Waals surface area contributed by atoms with Gasteiger partial charge >= 0.3 is 5.97 Å². The van der Waals surface area contributed by atoms with Crippen LogP contribution in [-0.4, -0.2) is 136 Å². The number of nitrogens with one attached hydrogen (secondary N) is 7. The first kappa shape index (κ1) is 89.2. The number of aliphatic carboxylic acids is 1. The predicted octanol–water partition coefficient (Wildman–Crippen LogP) is 12.1. The molecule has 31 nitrogen and oxygen atoms in total. The molecule has 0 spiro atoms. The SMILES string of the molecule is CC(=O)CN.CC(=O)NNC(=O)[C@@H](NC(=O)c1nc(-c2ccccc2)n2c1CCCC2)C(C)(C)C.CC(C)(C)[C@H](NC(=O)c1nc(-c2ccccc2)n2c1CCCC2)C(=O)O.Cc1nnc([C@@H](NC(=O)c2nc(-c3ccccc3)n3c2CCCC3)C(C)(C)C)o1.Cc1nnc([C@@H](NC(=O)c2nc(-c3ccccc3)n3c2CNCC3)C(C)(C)C)o1.[HH]. The smallest absolute Gasteiger partial charge is 0.326 e. The fraction of sp³-hybridized carbons (Fsp3) is 0.455. The highest BCUT2D eigenvalue weighted by Gasteiger charge is 2.40. The third-order valence-corrected chi connectivity index (χ3v) is 20.5. The van der Waals surface area contributed by atoms with Gasteiger partial charge in [-0.05, 0) is 86.4 Å². The minimum atomic E-state index is -1.04. The average molecular weight is 1630 g/mol. The van der Waals surface area contributed by atoms with Gasteiger partial charge in [-0.2, -0.15) is 0 Å². The number of aromatic nitrogens is 12. The summed E-state index contributed by atoms with van der Waals surface area (Å²) >= 11 is 0. The lowest BCUT2D eigenvalue weighted by molar-refractivity contribution is -0.142. The van der Waals surface area contributed by atoms with Gasteiger partial charge in [-0.15, -0.1) is 20.4 Å². The van der Waals surface area contributed by atoms with Crippen LogP contribution in [0.5, 0.6) is 0 Å². The average Bonchev–Trinajstić information content (AvgIpc) is 1.64. The number of nitrogens with two attached hydrogens (primary N) is 1. The van der Waals surface area contributed by atoms with Crippen molar-refractivity contribution >= 4 is 47.2 Å². The summed E-state index contributed by atoms with van der Waals surface area (Å²) in [5, 5.41) is 40.6. The van der Waals surface area contributed by atoms with Crippen LogP contribution in [0, 0.1) is 35.5 Å². The first-order chi connectivity index (χ1) is 56.4. The van der Waals surface area contributed by atoms with Gasteiger partial charge in [-0.25, -0.2) is 24.7 Å². The lowest BCUT2D eigenvalue weighted by Crippen LogP contribution is -2.57. The predicted molar refractivity (Wildman–Crippen MR) is 451 cm³/mol. The first-order valence-corrected chi connectivity index (χ1v) is 40.6. The number of ketones is 1. The Balaban J connectivity index is 0.000000178. The molecule has 10 aromatic rings. The number of carboxylic acid groups (broad SMARTS) is 1. The van der Waals surface area contributed by atoms with Gasteiger partial charge in [0, 0.05) is 83.7 Å². The molecular formula is C88H116N20O11. The van der Waals surface area contributed by atoms with Crippen LogP contribution >= 0.6 is 0 Å². The zero-order valence-corrected chi connectivity index (χ0v) is 71.1. The van der Waals surface area contributed by atoms with E-state index in [2.05, 4.69) is 86.1 Å². The van der Waals surface area contributed by atoms with Crippen LogP contribution in [0.15, 0.2) is 130 Å². The molecule has 31 heteroatoms. The molecular weight excluding hydrogens is 1510 g/mol. The molecule has 0 saturated heterocycles. The second-order valence-corrected chi connectivity index (χ2v) is 34.4. The number of carbonyl (C=O) groups is 8. The number of carboxylic acids is 1. The van der Waals surface area contributed by atoms with E-state index in [1.807, 2.05) is 184 Å². The molecule has 4 aliphatic rings. The highest BCUT2D eigenvalue weighted by Crippen LogP contribution is 2.37. The number of rotatable bonds is 17. The Kier molecular flexibility index (Phi) is 29.2. The van der Waals surface area contributed by atoms with Crippen molar-refractivity contribution in [2.45, 2.75) is 225 Å². The number of fused-ring (bicyclic) bond motifs is 4. The van der Waals surface area contributed by atoms with Gasteiger partial charge in [0.15, 0.2) is 5.69 Å². The zero-order chi connectivity index (χ0) is 86.3. The van der Waals surface area contributed by atoms with E-state index in [1.165, 1.54) is 13.8 Å². The number of hydrogen-bond donors (Lipinski definition) is 9. The Labute approximate surface area is 695 Å². The van der Waals surface area contributed by atoms with Crippen LogP contribution in [0.1, 0.15) is 237 Å². The van der Waals surface area contributed by atoms with Crippen LogP contribution < -0.4 is 43.2 Å². The number of aryl methyl sites for hydroxylation is 2. The lowest BCUT2D eigenvalue weighted by atomic mass is 9.86. The molecule has 10 N–H and O–H groups in total. The van der Waals surface area contributed by atoms with E-state index in [1.54, 1.807) is 34.6 Å². The molecule has 0 unspecified atom stereocenters. The molecule has 6 aromatic heterocycles. The minimum Gasteiger partial charge on any atom is -0.480 e. The quantitative estimate of drug-likeness (QED) is 0.0382. The lowest BCUT2D eigenvalue weighted by Gasteiger charge is -2.30. The van der Waals surface area contributed by atoms with Crippen molar-refractivity contribution in [2.75, 3.05) is 13.1 Å². The Morgan fingerprint density at radius 2 is 0.748 bits per heavy atom. The molecule has 0 radical (unpaired) electrons. The van der Waals surface area contributed by atoms with E-state index in [-0.39, 0.29) is 42.3 Å². The number of amides is 6. The van der Waals surface area contributed by atoms with Crippen molar-refractivity contribution in [1.29, 1.82) is 0 Å². The van der Waals surface area contributed by atoms with Crippen LogP contribution in [0.4, 0.5) is 0 Å². The van der Waals surface area contributed by atoms with Gasteiger partial charge in [0.1, 0.15) is 70.3 Å². The van der Waals surface area contributed by atoms with Gasteiger partial charge in [-0.1, -0.05) is 204 Å². The van der Waals surface area contributed by atoms with Crippen LogP contribution in [-0.2, 0) is 71.2 Å². The number of carbonyl (C=O) groups excluding carboxylic acids is 7. The van der Waals surface area contributed by atoms with E-state index in [0.29, 0.717) is 52.9 Å². The maximum atomic E-state index is 13.3. The van der Waals surface area contributed by atoms with Crippen molar-refractivity contribution in [3.63, 3.8) is 0 Å². The third kappa shape index (κ3) is 22.6. The van der Waals surface area contributed by atoms with Crippen molar-refractivity contribution in [3.05, 3.63) is 190 Å². The summed E-state index contributed by atoms with van der Waals surface area (Å²) in [7, 11) is 0. The van der Waals surface area contributed by atoms with Crippen molar-refractivity contribution < 1.29 is 53.7 Å². The zero-order valence-electron chi connectivity index (χ0n) is 71.1. The van der Waals surface area contributed by atoms with Crippen LogP contribution in [0.2, 0.25) is 0 Å². The molecule has 634 valence electrons. The van der Waals surface area contributed by atoms with Crippen LogP contribution in [0.3, 0.4) is 0 Å². The second kappa shape index (κ2) is 39.0. The summed E-state index contributed by atoms with van der Waals surface area (Å²) in [4.78, 5) is 117. The third-order valence-electron chi connectivity index (χ3n) is 20.5. The molecule has 0 aliphatic carbocycles. The van der Waals surface area contributed by atoms with Gasteiger partial charge in [0.05, 0.1) is 29.3 Å². The highest BCUT2D eigenvalue weighted by atomic mass is 16.4. The monoisotopic (exact) mass is 1630 g/mol. The number of hydrogen-bond acceptors (Lipinski definition) is 20. The van der Waals surface area contributed by atoms with E-state index in [0.717, 1.165) is 159 Å². The number of nitrogens with zero attached hydrogens (tertiary/aromatic N) is 12. The number of hydrazine groups is 1. The van der Waals surface area contributed by atoms with Crippen molar-refractivity contribution in [2.24, 2.45) is 27.4 Å². The van der Waals surface area contributed by atoms with Crippen molar-refractivity contribution in [1.82, 2.24) is 96.0 Å². The van der Waals surface area contributed by atoms with Crippen molar-refractivity contribution in [3.8, 4) is 45.6 Å². The normalized spacial score (nSPS) is 14.6. The van der Waals surface area contributed by atoms with Crippen LogP contribution in [0.25, 0.3) is 45.6 Å². The second-order valence-electron chi connectivity index (χ2n) is 34.4. The number of imidazole rings is 4. The summed E-state index contributed by atoms with van der Waals surface area (Å²) in [6.07, 6.45) is 8.62. The fourth-order valence-electron chi connectivity index (χ4n) is 14.4. The van der Waals surface area contributed by atoms with E-state index in [4.69, 9.17) is 24.5 Å². The molecule has 6 amide bonds. The molecule has 0 fully saturated rings. The molecule has 119 heavy (non-hydrogen) atoms. The molecule has 0 bridgehead atoms. The summed E-state index contributed by atoms with van der Waals surface area (Å²) in [5.74, 6) is 1.85. The largest absolute Gasteiger partial charge is 0.480 e. The fourth-order valence-corrected chi connectivity index (χ4v) is 14.4. The minimum absolute atomic E-state index is 0. The molecule has 4 aliphatic heterocycles. The Morgan fingerprint density at radius 1 is 0.437 bits per heavy atom. The number of Topliss-reactive ketones (excluding diaryl/α,β-unsaturated/α-hetero) is 1. The summed E-state index contributed by atoms with van der Waals surface area (Å²) in [6.45, 7) is 34.3. The van der Waals surface area contributed by atoms with Gasteiger partial charge in [0.25, 0.3) is 29.5 Å². The summed E-state index contributed by atoms with van der Waals surface area (Å²) < 4.78 is 19.8. The number of benzene rings is 4. The van der Waals surface area contributed by atoms with Gasteiger partial charge in [0.2, 0.25) is 29.5 Å². The summed E-state index contributed by atoms with van der Waals surface area (Å²) in [5.41, 5.74) is 16.9. The Hall–Kier alpha value is -12.1. The maximum Gasteiger partial charge on any atom is 0.326 e. The van der Waals surface area contributed by atoms with E-state index >= 15 is 0 Å². The molecule has 4 aromatic carbocycles. The molecule has 10 heterocycles. The Morgan fingerprint density at radius 3 is 1.03 bits per heavy atom. The van der Waals surface area contributed by atoms with Gasteiger partial charge in [-0.3, -0.25) is 44.4 Å². The molecule has 4 atom stereocenters. The molecule has 0 saturated carbocycles.